The highest BCUT2D eigenvalue weighted by Crippen LogP contribution is 2.30. The van der Waals surface area contributed by atoms with Crippen LogP contribution in [-0.2, 0) is 19.1 Å². The minimum atomic E-state index is -4.42. The van der Waals surface area contributed by atoms with Gasteiger partial charge in [-0.3, -0.25) is 14.5 Å². The van der Waals surface area contributed by atoms with Gasteiger partial charge in [0.15, 0.2) is 0 Å². The van der Waals surface area contributed by atoms with Crippen molar-refractivity contribution in [3.8, 4) is 17.3 Å². The molecule has 2 aromatic heterocycles. The molecule has 1 aliphatic rings. The summed E-state index contributed by atoms with van der Waals surface area (Å²) < 4.78 is 39.7. The van der Waals surface area contributed by atoms with Gasteiger partial charge in [-0.1, -0.05) is 6.07 Å². The predicted molar refractivity (Wildman–Crippen MR) is 103 cm³/mol. The Bertz CT molecular complexity index is 1080. The van der Waals surface area contributed by atoms with E-state index < -0.39 is 17.8 Å². The average Bonchev–Trinajstić information content (AvgIpc) is 3.18. The highest BCUT2D eigenvalue weighted by Gasteiger charge is 2.32. The summed E-state index contributed by atoms with van der Waals surface area (Å²) in [5.41, 5.74) is 7.06. The van der Waals surface area contributed by atoms with Gasteiger partial charge in [-0.2, -0.15) is 23.5 Å². The van der Waals surface area contributed by atoms with Crippen LogP contribution in [0.15, 0.2) is 48.7 Å². The van der Waals surface area contributed by atoms with E-state index in [2.05, 4.69) is 10.1 Å². The number of alkyl halides is 3. The lowest BCUT2D eigenvalue weighted by Gasteiger charge is -2.11. The lowest BCUT2D eigenvalue weighted by molar-refractivity contribution is -0.141. The highest BCUT2D eigenvalue weighted by molar-refractivity contribution is 5.93. The summed E-state index contributed by atoms with van der Waals surface area (Å²) in [5.74, 6) is -0.512. The number of carbonyl (C=O) groups excluding carboxylic acids is 1. The molecule has 1 amide bonds. The SMILES string of the molecule is FC(F)(F)c1cc(-c2cc3n(n2)CCCC3)ccn1.N#Cc1cccc(C(N)=O)c1. The maximum absolute atomic E-state index is 12.6. The molecule has 4 rings (SSSR count). The Morgan fingerprint density at radius 3 is 2.63 bits per heavy atom. The van der Waals surface area contributed by atoms with Crippen molar-refractivity contribution in [3.05, 3.63) is 71.2 Å². The second-order valence-electron chi connectivity index (χ2n) is 6.69. The zero-order chi connectivity index (χ0) is 21.7. The number of amides is 1. The molecule has 3 heterocycles. The van der Waals surface area contributed by atoms with E-state index in [9.17, 15) is 18.0 Å². The minimum Gasteiger partial charge on any atom is -0.366 e. The molecule has 0 saturated carbocycles. The molecular formula is C21H18F3N5O. The molecule has 0 radical (unpaired) electrons. The number of hydrogen-bond donors (Lipinski definition) is 1. The first-order valence-corrected chi connectivity index (χ1v) is 9.18. The first-order valence-electron chi connectivity index (χ1n) is 9.18. The fourth-order valence-corrected chi connectivity index (χ4v) is 3.05. The van der Waals surface area contributed by atoms with Crippen molar-refractivity contribution in [1.82, 2.24) is 14.8 Å². The summed E-state index contributed by atoms with van der Waals surface area (Å²) >= 11 is 0. The van der Waals surface area contributed by atoms with E-state index in [0.29, 0.717) is 22.4 Å². The van der Waals surface area contributed by atoms with E-state index in [1.54, 1.807) is 24.3 Å². The van der Waals surface area contributed by atoms with Gasteiger partial charge in [0, 0.05) is 29.6 Å². The molecule has 154 valence electrons. The van der Waals surface area contributed by atoms with Gasteiger partial charge in [0.05, 0.1) is 17.3 Å². The monoisotopic (exact) mass is 413 g/mol. The van der Waals surface area contributed by atoms with Crippen LogP contribution in [0.5, 0.6) is 0 Å². The van der Waals surface area contributed by atoms with Crippen LogP contribution in [0.25, 0.3) is 11.3 Å². The van der Waals surface area contributed by atoms with Gasteiger partial charge in [-0.15, -0.1) is 0 Å². The van der Waals surface area contributed by atoms with Gasteiger partial charge in [0.1, 0.15) is 5.69 Å². The van der Waals surface area contributed by atoms with Crippen LogP contribution in [0.1, 0.15) is 40.2 Å². The van der Waals surface area contributed by atoms with E-state index in [4.69, 9.17) is 11.0 Å². The zero-order valence-corrected chi connectivity index (χ0v) is 15.9. The number of pyridine rings is 1. The van der Waals surface area contributed by atoms with E-state index in [1.807, 2.05) is 16.8 Å². The third-order valence-corrected chi connectivity index (χ3v) is 4.54. The predicted octanol–water partition coefficient (Wildman–Crippen LogP) is 3.96. The van der Waals surface area contributed by atoms with Crippen molar-refractivity contribution in [2.45, 2.75) is 32.0 Å². The number of aromatic nitrogens is 3. The number of primary amides is 1. The van der Waals surface area contributed by atoms with E-state index in [0.717, 1.165) is 37.6 Å². The van der Waals surface area contributed by atoms with Crippen molar-refractivity contribution in [1.29, 1.82) is 5.26 Å². The van der Waals surface area contributed by atoms with Crippen molar-refractivity contribution >= 4 is 5.91 Å². The number of nitrogens with zero attached hydrogens (tertiary/aromatic N) is 4. The second-order valence-corrected chi connectivity index (χ2v) is 6.69. The molecule has 9 heteroatoms. The molecule has 0 unspecified atom stereocenters. The van der Waals surface area contributed by atoms with Gasteiger partial charge >= 0.3 is 6.18 Å². The molecule has 0 fully saturated rings. The normalized spacial score (nSPS) is 12.9. The largest absolute Gasteiger partial charge is 0.433 e. The Balaban J connectivity index is 0.000000199. The van der Waals surface area contributed by atoms with E-state index in [-0.39, 0.29) is 0 Å². The summed E-state index contributed by atoms with van der Waals surface area (Å²) in [6.07, 6.45) is -0.135. The van der Waals surface area contributed by atoms with Gasteiger partial charge in [-0.05, 0) is 55.7 Å². The number of nitrogens with two attached hydrogens (primary N) is 1. The first kappa shape index (κ1) is 21.0. The van der Waals surface area contributed by atoms with Gasteiger partial charge in [-0.25, -0.2) is 0 Å². The number of rotatable bonds is 2. The van der Waals surface area contributed by atoms with Crippen LogP contribution in [-0.4, -0.2) is 20.7 Å². The van der Waals surface area contributed by atoms with E-state index >= 15 is 0 Å². The Morgan fingerprint density at radius 2 is 1.97 bits per heavy atom. The summed E-state index contributed by atoms with van der Waals surface area (Å²) in [6.45, 7) is 0.840. The van der Waals surface area contributed by atoms with Crippen LogP contribution in [0, 0.1) is 11.3 Å². The number of carbonyl (C=O) groups is 1. The number of nitriles is 1. The van der Waals surface area contributed by atoms with E-state index in [1.165, 1.54) is 12.3 Å². The topological polar surface area (TPSA) is 97.6 Å². The summed E-state index contributed by atoms with van der Waals surface area (Å²) in [6, 6.07) is 12.7. The lowest BCUT2D eigenvalue weighted by atomic mass is 10.1. The molecule has 1 aromatic carbocycles. The zero-order valence-electron chi connectivity index (χ0n) is 15.9. The molecule has 1 aliphatic heterocycles. The highest BCUT2D eigenvalue weighted by atomic mass is 19.4. The fraction of sp³-hybridized carbons (Fsp3) is 0.238. The number of aryl methyl sites for hydroxylation is 2. The summed E-state index contributed by atoms with van der Waals surface area (Å²) in [7, 11) is 0. The van der Waals surface area contributed by atoms with Gasteiger partial charge in [0.25, 0.3) is 0 Å². The smallest absolute Gasteiger partial charge is 0.366 e. The first-order chi connectivity index (χ1) is 14.3. The van der Waals surface area contributed by atoms with Crippen LogP contribution in [0.4, 0.5) is 13.2 Å². The molecule has 0 aliphatic carbocycles. The number of hydrogen-bond acceptors (Lipinski definition) is 4. The molecule has 2 N–H and O–H groups in total. The van der Waals surface area contributed by atoms with Crippen molar-refractivity contribution < 1.29 is 18.0 Å². The van der Waals surface area contributed by atoms with Crippen LogP contribution in [0.2, 0.25) is 0 Å². The molecule has 30 heavy (non-hydrogen) atoms. The van der Waals surface area contributed by atoms with Crippen molar-refractivity contribution in [2.75, 3.05) is 0 Å². The number of fused-ring (bicyclic) bond motifs is 1. The van der Waals surface area contributed by atoms with Crippen LogP contribution < -0.4 is 5.73 Å². The molecule has 0 atom stereocenters. The molecule has 0 bridgehead atoms. The van der Waals surface area contributed by atoms with Crippen molar-refractivity contribution in [2.24, 2.45) is 5.73 Å². The molecule has 0 spiro atoms. The second kappa shape index (κ2) is 8.78. The third-order valence-electron chi connectivity index (χ3n) is 4.54. The summed E-state index contributed by atoms with van der Waals surface area (Å²) in [5, 5.41) is 12.8. The maximum Gasteiger partial charge on any atom is 0.433 e. The Labute approximate surface area is 170 Å². The third kappa shape index (κ3) is 5.03. The Morgan fingerprint density at radius 1 is 1.17 bits per heavy atom. The standard InChI is InChI=1S/C13H12F3N3.C8H6N2O/c14-13(15,16)12-7-9(4-5-17-12)11-8-10-3-1-2-6-19(10)18-11;9-5-6-2-1-3-7(4-6)8(10)11/h4-5,7-8H,1-3,6H2;1-4H,(H2,10,11). The van der Waals surface area contributed by atoms with Gasteiger partial charge in [0.2, 0.25) is 5.91 Å². The van der Waals surface area contributed by atoms with Crippen LogP contribution in [0.3, 0.4) is 0 Å². The molecule has 6 nitrogen and oxygen atoms in total. The quantitative estimate of drug-likeness (QED) is 0.688. The van der Waals surface area contributed by atoms with Gasteiger partial charge < -0.3 is 5.73 Å². The number of benzene rings is 1. The fourth-order valence-electron chi connectivity index (χ4n) is 3.05. The van der Waals surface area contributed by atoms with Crippen molar-refractivity contribution in [3.63, 3.8) is 0 Å². The Hall–Kier alpha value is -3.67. The minimum absolute atomic E-state index is 0.365. The maximum atomic E-state index is 12.6. The van der Waals surface area contributed by atoms with Crippen LogP contribution >= 0.6 is 0 Å². The Kier molecular flexibility index (Phi) is 6.16. The molecule has 0 saturated heterocycles. The summed E-state index contributed by atoms with van der Waals surface area (Å²) in [4.78, 5) is 13.9. The molecular weight excluding hydrogens is 395 g/mol. The lowest BCUT2D eigenvalue weighted by Crippen LogP contribution is -2.10. The average molecular weight is 413 g/mol. The molecule has 3 aromatic rings. The number of halogens is 3.